The highest BCUT2D eigenvalue weighted by Gasteiger charge is 2.21. The highest BCUT2D eigenvalue weighted by Crippen LogP contribution is 2.31. The van der Waals surface area contributed by atoms with Crippen LogP contribution in [0.1, 0.15) is 39.3 Å². The van der Waals surface area contributed by atoms with Gasteiger partial charge in [-0.2, -0.15) is 0 Å². The normalized spacial score (nSPS) is 13.6. The number of carbonyl (C=O) groups excluding carboxylic acids is 2. The Hall–Kier alpha value is -5.04. The molecule has 0 atom stereocenters. The molecule has 218 valence electrons. The molecule has 1 aliphatic heterocycles. The summed E-state index contributed by atoms with van der Waals surface area (Å²) in [7, 11) is 1.37. The number of nitrogens with zero attached hydrogens (tertiary/aromatic N) is 1. The smallest absolute Gasteiger partial charge is 0.337 e. The van der Waals surface area contributed by atoms with Gasteiger partial charge in [0.25, 0.3) is 5.91 Å². The van der Waals surface area contributed by atoms with Crippen LogP contribution in [0.4, 0.5) is 11.4 Å². The number of hydrogen-bond donors (Lipinski definition) is 1. The lowest BCUT2D eigenvalue weighted by molar-refractivity contribution is 0.0600. The summed E-state index contributed by atoms with van der Waals surface area (Å²) in [6.07, 6.45) is 2.01. The number of nitrogens with one attached hydrogen (secondary N) is 1. The van der Waals surface area contributed by atoms with E-state index in [2.05, 4.69) is 28.4 Å². The molecule has 1 N–H and O–H groups in total. The van der Waals surface area contributed by atoms with Crippen LogP contribution < -0.4 is 15.0 Å². The van der Waals surface area contributed by atoms with Gasteiger partial charge in [0.1, 0.15) is 11.3 Å². The summed E-state index contributed by atoms with van der Waals surface area (Å²) in [6.45, 7) is 4.38. The van der Waals surface area contributed by atoms with Gasteiger partial charge in [0.2, 0.25) is 0 Å². The first kappa shape index (κ1) is 28.1. The van der Waals surface area contributed by atoms with Gasteiger partial charge in [-0.1, -0.05) is 42.5 Å². The van der Waals surface area contributed by atoms with Crippen LogP contribution in [0.3, 0.4) is 0 Å². The van der Waals surface area contributed by atoms with Crippen LogP contribution in [-0.2, 0) is 4.74 Å². The van der Waals surface area contributed by atoms with Crippen molar-refractivity contribution in [3.8, 4) is 16.9 Å². The molecule has 0 saturated carbocycles. The first-order valence-corrected chi connectivity index (χ1v) is 14.5. The lowest BCUT2D eigenvalue weighted by Crippen LogP contribution is -2.35. The van der Waals surface area contributed by atoms with E-state index >= 15 is 0 Å². The van der Waals surface area contributed by atoms with Crippen molar-refractivity contribution in [3.63, 3.8) is 0 Å². The molecule has 0 unspecified atom stereocenters. The van der Waals surface area contributed by atoms with Crippen LogP contribution in [0.5, 0.6) is 5.75 Å². The number of ether oxygens (including phenoxy) is 2. The van der Waals surface area contributed by atoms with E-state index in [0.29, 0.717) is 35.2 Å². The molecule has 1 amide bonds. The van der Waals surface area contributed by atoms with Crippen molar-refractivity contribution in [2.24, 2.45) is 5.92 Å². The second-order valence-corrected chi connectivity index (χ2v) is 10.9. The zero-order valence-corrected chi connectivity index (χ0v) is 24.3. The lowest BCUT2D eigenvalue weighted by Gasteiger charge is -2.33. The molecule has 7 heteroatoms. The highest BCUT2D eigenvalue weighted by molar-refractivity contribution is 6.06. The molecule has 2 heterocycles. The Morgan fingerprint density at radius 3 is 2.40 bits per heavy atom. The molecule has 1 saturated heterocycles. The summed E-state index contributed by atoms with van der Waals surface area (Å²) in [5, 5.41) is 3.93. The van der Waals surface area contributed by atoms with Crippen molar-refractivity contribution < 1.29 is 23.5 Å². The third kappa shape index (κ3) is 6.26. The molecule has 0 radical (unpaired) electrons. The quantitative estimate of drug-likeness (QED) is 0.191. The maximum Gasteiger partial charge on any atom is 0.337 e. The summed E-state index contributed by atoms with van der Waals surface area (Å²) in [6, 6.07) is 31.2. The predicted molar refractivity (Wildman–Crippen MR) is 169 cm³/mol. The number of benzene rings is 4. The van der Waals surface area contributed by atoms with Crippen LogP contribution >= 0.6 is 0 Å². The zero-order valence-electron chi connectivity index (χ0n) is 24.3. The number of amides is 1. The van der Waals surface area contributed by atoms with E-state index in [-0.39, 0.29) is 11.9 Å². The maximum atomic E-state index is 13.2. The third-order valence-electron chi connectivity index (χ3n) is 8.10. The number of rotatable bonds is 8. The third-order valence-corrected chi connectivity index (χ3v) is 8.10. The van der Waals surface area contributed by atoms with Gasteiger partial charge in [-0.15, -0.1) is 0 Å². The second kappa shape index (κ2) is 12.4. The van der Waals surface area contributed by atoms with Crippen LogP contribution in [0.2, 0.25) is 0 Å². The number of aryl methyl sites for hydroxylation is 1. The first-order valence-electron chi connectivity index (χ1n) is 14.5. The lowest BCUT2D eigenvalue weighted by atomic mass is 9.97. The van der Waals surface area contributed by atoms with Crippen molar-refractivity contribution in [2.45, 2.75) is 19.8 Å². The number of anilines is 2. The molecule has 43 heavy (non-hydrogen) atoms. The van der Waals surface area contributed by atoms with Gasteiger partial charge < -0.3 is 24.1 Å². The van der Waals surface area contributed by atoms with Crippen molar-refractivity contribution in [1.82, 2.24) is 0 Å². The highest BCUT2D eigenvalue weighted by atomic mass is 16.5. The summed E-state index contributed by atoms with van der Waals surface area (Å²) in [4.78, 5) is 27.3. The van der Waals surface area contributed by atoms with Gasteiger partial charge in [-0.05, 0) is 91.4 Å². The van der Waals surface area contributed by atoms with Gasteiger partial charge in [-0.3, -0.25) is 4.79 Å². The van der Waals surface area contributed by atoms with E-state index in [9.17, 15) is 9.59 Å². The molecule has 1 aliphatic rings. The number of fused-ring (bicyclic) bond motifs is 1. The Balaban J connectivity index is 1.03. The minimum Gasteiger partial charge on any atom is -0.493 e. The van der Waals surface area contributed by atoms with Crippen LogP contribution in [0.15, 0.2) is 101 Å². The Kier molecular flexibility index (Phi) is 8.13. The average Bonchev–Trinajstić information content (AvgIpc) is 3.40. The first-order chi connectivity index (χ1) is 21.0. The van der Waals surface area contributed by atoms with Crippen molar-refractivity contribution in [3.05, 3.63) is 114 Å². The largest absolute Gasteiger partial charge is 0.493 e. The molecule has 0 aliphatic carbocycles. The molecule has 0 bridgehead atoms. The fraction of sp³-hybridized carbons (Fsp3) is 0.222. The summed E-state index contributed by atoms with van der Waals surface area (Å²) < 4.78 is 16.8. The number of hydrogen-bond acceptors (Lipinski definition) is 6. The Morgan fingerprint density at radius 1 is 0.884 bits per heavy atom. The molecular formula is C36H34N2O5. The summed E-state index contributed by atoms with van der Waals surface area (Å²) >= 11 is 0. The van der Waals surface area contributed by atoms with Crippen molar-refractivity contribution in [1.29, 1.82) is 0 Å². The van der Waals surface area contributed by atoms with Gasteiger partial charge in [0, 0.05) is 35.4 Å². The number of methoxy groups -OCH3 is 1. The number of piperidine rings is 1. The Bertz CT molecular complexity index is 1740. The van der Waals surface area contributed by atoms with Gasteiger partial charge in [0.05, 0.1) is 19.3 Å². The maximum absolute atomic E-state index is 13.2. The number of carbonyl (C=O) groups is 2. The topological polar surface area (TPSA) is 81.0 Å². The van der Waals surface area contributed by atoms with E-state index in [1.807, 2.05) is 67.6 Å². The molecule has 5 aromatic rings. The molecule has 7 nitrogen and oxygen atoms in total. The van der Waals surface area contributed by atoms with Crippen molar-refractivity contribution in [2.75, 3.05) is 37.0 Å². The minimum absolute atomic E-state index is 0.263. The van der Waals surface area contributed by atoms with E-state index < -0.39 is 0 Å². The molecule has 1 aromatic heterocycles. The van der Waals surface area contributed by atoms with Gasteiger partial charge >= 0.3 is 5.97 Å². The monoisotopic (exact) mass is 574 g/mol. The Labute approximate surface area is 251 Å². The summed E-state index contributed by atoms with van der Waals surface area (Å²) in [5.74, 6) is 0.808. The van der Waals surface area contributed by atoms with Crippen LogP contribution in [-0.4, -0.2) is 38.7 Å². The minimum atomic E-state index is -0.369. The molecule has 0 spiro atoms. The fourth-order valence-electron chi connectivity index (χ4n) is 5.59. The van der Waals surface area contributed by atoms with Gasteiger partial charge in [0.15, 0.2) is 5.76 Å². The van der Waals surface area contributed by atoms with Crippen LogP contribution in [0, 0.1) is 12.8 Å². The predicted octanol–water partition coefficient (Wildman–Crippen LogP) is 7.74. The van der Waals surface area contributed by atoms with E-state index in [1.54, 1.807) is 18.2 Å². The molecule has 6 rings (SSSR count). The molecule has 4 aromatic carbocycles. The zero-order chi connectivity index (χ0) is 29.8. The van der Waals surface area contributed by atoms with E-state index in [0.717, 1.165) is 59.4 Å². The van der Waals surface area contributed by atoms with Gasteiger partial charge in [-0.25, -0.2) is 4.79 Å². The Morgan fingerprint density at radius 2 is 1.65 bits per heavy atom. The fourth-order valence-corrected chi connectivity index (χ4v) is 5.59. The number of furan rings is 1. The second-order valence-electron chi connectivity index (χ2n) is 10.9. The van der Waals surface area contributed by atoms with E-state index in [1.165, 1.54) is 7.11 Å². The average molecular weight is 575 g/mol. The standard InChI is InChI=1S/C36H34N2O5/c1-24-32-22-27(26-7-4-3-5-8-26)11-16-33(32)43-34(24)35(39)37-29-12-14-30(15-13-29)38-19-17-25(18-20-38)23-42-31-10-6-9-28(21-31)36(40)41-2/h3-16,21-22,25H,17-20,23H2,1-2H3,(H,37,39). The molecule has 1 fully saturated rings. The summed E-state index contributed by atoms with van der Waals surface area (Å²) in [5.41, 5.74) is 6.05. The molecular weight excluding hydrogens is 540 g/mol. The van der Waals surface area contributed by atoms with Crippen molar-refractivity contribution >= 4 is 34.2 Å². The van der Waals surface area contributed by atoms with E-state index in [4.69, 9.17) is 13.9 Å². The SMILES string of the molecule is COC(=O)c1cccc(OCC2CCN(c3ccc(NC(=O)c4oc5ccc(-c6ccccc6)cc5c4C)cc3)CC2)c1. The van der Waals surface area contributed by atoms with Crippen LogP contribution in [0.25, 0.3) is 22.1 Å². The number of esters is 1.